The quantitative estimate of drug-likeness (QED) is 0.232. The van der Waals surface area contributed by atoms with Crippen LogP contribution in [0.1, 0.15) is 42.0 Å². The lowest BCUT2D eigenvalue weighted by Crippen LogP contribution is -2.36. The summed E-state index contributed by atoms with van der Waals surface area (Å²) >= 11 is 1.58. The maximum atomic E-state index is 13.6. The number of Topliss-reactive ketones (excluding diaryl/α,β-unsaturated/α-hetero) is 1. The lowest BCUT2D eigenvalue weighted by atomic mass is 9.72. The Labute approximate surface area is 211 Å². The fraction of sp³-hybridized carbons (Fsp3) is 0.360. The van der Waals surface area contributed by atoms with Gasteiger partial charge in [0.2, 0.25) is 5.75 Å². The van der Waals surface area contributed by atoms with Crippen LogP contribution in [-0.2, 0) is 19.1 Å². The molecule has 2 atom stereocenters. The largest absolute Gasteiger partial charge is 0.500 e. The van der Waals surface area contributed by atoms with Crippen molar-refractivity contribution in [3.05, 3.63) is 72.7 Å². The van der Waals surface area contributed by atoms with Crippen LogP contribution in [0.15, 0.2) is 52.2 Å². The zero-order valence-electron chi connectivity index (χ0n) is 20.0. The van der Waals surface area contributed by atoms with Gasteiger partial charge >= 0.3 is 11.7 Å². The molecule has 4 rings (SSSR count). The molecule has 2 aliphatic rings. The Morgan fingerprint density at radius 3 is 2.69 bits per heavy atom. The lowest BCUT2D eigenvalue weighted by Gasteiger charge is -2.36. The standard InChI is InChI=1S/C25H26N2O8S/c1-13-21(25(30)35-7-6-33-2)22(15-10-17(27(31)32)24(29)19(12-15)34-3)23-16(26-13)9-14(11-18(23)28)20-5-4-8-36-20/h4-5,8,10,12,14,22,26,29H,6-7,9,11H2,1-3H3. The van der Waals surface area contributed by atoms with E-state index in [9.17, 15) is 24.8 Å². The highest BCUT2D eigenvalue weighted by atomic mass is 32.1. The number of ketones is 1. The van der Waals surface area contributed by atoms with Crippen LogP contribution < -0.4 is 10.1 Å². The van der Waals surface area contributed by atoms with Crippen LogP contribution >= 0.6 is 11.3 Å². The first-order valence-electron chi connectivity index (χ1n) is 11.3. The number of nitro benzene ring substituents is 1. The SMILES string of the molecule is COCCOC(=O)C1=C(C)NC2=C(C(=O)CC(c3cccs3)C2)C1c1cc(OC)c(O)c([N+](=O)[O-])c1. The second kappa shape index (κ2) is 10.5. The first-order chi connectivity index (χ1) is 17.3. The second-order valence-electron chi connectivity index (χ2n) is 8.51. The molecule has 190 valence electrons. The zero-order valence-corrected chi connectivity index (χ0v) is 20.8. The number of methoxy groups -OCH3 is 2. The molecule has 0 spiro atoms. The Kier molecular flexibility index (Phi) is 7.41. The fourth-order valence-corrected chi connectivity index (χ4v) is 5.57. The summed E-state index contributed by atoms with van der Waals surface area (Å²) < 4.78 is 15.5. The van der Waals surface area contributed by atoms with Gasteiger partial charge in [0.25, 0.3) is 0 Å². The number of rotatable bonds is 8. The number of ether oxygens (including phenoxy) is 3. The number of phenols is 1. The Bertz CT molecular complexity index is 1270. The highest BCUT2D eigenvalue weighted by molar-refractivity contribution is 7.10. The van der Waals surface area contributed by atoms with E-state index in [4.69, 9.17) is 14.2 Å². The van der Waals surface area contributed by atoms with E-state index >= 15 is 0 Å². The smallest absolute Gasteiger partial charge is 0.336 e. The van der Waals surface area contributed by atoms with Crippen LogP contribution in [0.2, 0.25) is 0 Å². The van der Waals surface area contributed by atoms with Crippen molar-refractivity contribution in [3.63, 3.8) is 0 Å². The summed E-state index contributed by atoms with van der Waals surface area (Å²) in [4.78, 5) is 38.8. The first-order valence-corrected chi connectivity index (χ1v) is 12.1. The molecule has 10 nitrogen and oxygen atoms in total. The number of phenolic OH excluding ortho intramolecular Hbond substituents is 1. The van der Waals surface area contributed by atoms with Crippen molar-refractivity contribution in [1.29, 1.82) is 0 Å². The molecule has 2 aromatic rings. The minimum absolute atomic E-state index is 0.00180. The molecule has 1 aliphatic carbocycles. The number of hydrogen-bond acceptors (Lipinski definition) is 10. The normalized spacial score (nSPS) is 19.6. The van der Waals surface area contributed by atoms with E-state index in [0.717, 1.165) is 4.88 Å². The molecule has 1 aliphatic heterocycles. The van der Waals surface area contributed by atoms with Gasteiger partial charge in [0.05, 0.1) is 24.2 Å². The number of esters is 1. The molecule has 2 heterocycles. The maximum Gasteiger partial charge on any atom is 0.336 e. The lowest BCUT2D eigenvalue weighted by molar-refractivity contribution is -0.386. The van der Waals surface area contributed by atoms with E-state index < -0.39 is 28.2 Å². The van der Waals surface area contributed by atoms with Gasteiger partial charge in [0.15, 0.2) is 11.5 Å². The van der Waals surface area contributed by atoms with E-state index in [1.54, 1.807) is 18.3 Å². The Morgan fingerprint density at radius 2 is 2.06 bits per heavy atom. The van der Waals surface area contributed by atoms with Gasteiger partial charge in [0.1, 0.15) is 6.61 Å². The van der Waals surface area contributed by atoms with Gasteiger partial charge in [-0.2, -0.15) is 0 Å². The van der Waals surface area contributed by atoms with Crippen molar-refractivity contribution in [3.8, 4) is 11.5 Å². The van der Waals surface area contributed by atoms with Crippen LogP contribution in [0.3, 0.4) is 0 Å². The average Bonchev–Trinajstić information content (AvgIpc) is 3.38. The van der Waals surface area contributed by atoms with Gasteiger partial charge in [-0.3, -0.25) is 14.9 Å². The highest BCUT2D eigenvalue weighted by Crippen LogP contribution is 2.49. The molecule has 11 heteroatoms. The Balaban J connectivity index is 1.86. The Hall–Kier alpha value is -3.70. The van der Waals surface area contributed by atoms with E-state index in [1.807, 2.05) is 17.5 Å². The molecular weight excluding hydrogens is 488 g/mol. The third kappa shape index (κ3) is 4.71. The number of nitro groups is 1. The number of allylic oxidation sites excluding steroid dienone is 3. The minimum atomic E-state index is -0.943. The number of carbonyl (C=O) groups excluding carboxylic acids is 2. The monoisotopic (exact) mass is 514 g/mol. The number of carbonyl (C=O) groups is 2. The van der Waals surface area contributed by atoms with Crippen molar-refractivity contribution >= 4 is 28.8 Å². The van der Waals surface area contributed by atoms with Gasteiger partial charge < -0.3 is 24.6 Å². The number of thiophene rings is 1. The van der Waals surface area contributed by atoms with Gasteiger partial charge in [-0.15, -0.1) is 11.3 Å². The van der Waals surface area contributed by atoms with E-state index in [-0.39, 0.29) is 48.2 Å². The number of dihydropyridines is 1. The number of aromatic hydroxyl groups is 1. The topological polar surface area (TPSA) is 137 Å². The zero-order chi connectivity index (χ0) is 26.0. The third-order valence-electron chi connectivity index (χ3n) is 6.34. The molecule has 1 aromatic carbocycles. The minimum Gasteiger partial charge on any atom is -0.500 e. The van der Waals surface area contributed by atoms with E-state index in [0.29, 0.717) is 23.4 Å². The predicted molar refractivity (Wildman–Crippen MR) is 131 cm³/mol. The van der Waals surface area contributed by atoms with E-state index in [1.165, 1.54) is 26.4 Å². The average molecular weight is 515 g/mol. The molecule has 1 aromatic heterocycles. The maximum absolute atomic E-state index is 13.6. The summed E-state index contributed by atoms with van der Waals surface area (Å²) in [5, 5.41) is 27.2. The van der Waals surface area contributed by atoms with Crippen molar-refractivity contribution in [2.75, 3.05) is 27.4 Å². The third-order valence-corrected chi connectivity index (χ3v) is 7.38. The van der Waals surface area contributed by atoms with Gasteiger partial charge in [-0.25, -0.2) is 4.79 Å². The van der Waals surface area contributed by atoms with Gasteiger partial charge in [0, 0.05) is 53.3 Å². The molecule has 2 unspecified atom stereocenters. The summed E-state index contributed by atoms with van der Waals surface area (Å²) in [5.41, 5.74) is 1.34. The van der Waals surface area contributed by atoms with Crippen LogP contribution in [0.5, 0.6) is 11.5 Å². The summed E-state index contributed by atoms with van der Waals surface area (Å²) in [5.74, 6) is -2.57. The molecule has 0 radical (unpaired) electrons. The molecule has 0 bridgehead atoms. The van der Waals surface area contributed by atoms with Crippen LogP contribution in [0, 0.1) is 10.1 Å². The number of benzene rings is 1. The summed E-state index contributed by atoms with van der Waals surface area (Å²) in [7, 11) is 2.75. The summed E-state index contributed by atoms with van der Waals surface area (Å²) in [6.07, 6.45) is 0.776. The van der Waals surface area contributed by atoms with E-state index in [2.05, 4.69) is 5.32 Å². The first kappa shape index (κ1) is 25.4. The van der Waals surface area contributed by atoms with Crippen molar-refractivity contribution in [2.45, 2.75) is 31.6 Å². The summed E-state index contributed by atoms with van der Waals surface area (Å²) in [6, 6.07) is 6.51. The second-order valence-corrected chi connectivity index (χ2v) is 9.49. The number of nitrogens with one attached hydrogen (secondary N) is 1. The van der Waals surface area contributed by atoms with Gasteiger partial charge in [-0.05, 0) is 36.4 Å². The molecule has 0 saturated heterocycles. The fourth-order valence-electron chi connectivity index (χ4n) is 4.74. The molecule has 0 saturated carbocycles. The molecule has 2 N–H and O–H groups in total. The molecule has 36 heavy (non-hydrogen) atoms. The van der Waals surface area contributed by atoms with Crippen molar-refractivity contribution in [1.82, 2.24) is 5.32 Å². The molecular formula is C25H26N2O8S. The molecule has 0 amide bonds. The van der Waals surface area contributed by atoms with Crippen molar-refractivity contribution < 1.29 is 33.8 Å². The highest BCUT2D eigenvalue weighted by Gasteiger charge is 2.42. The van der Waals surface area contributed by atoms with Gasteiger partial charge in [-0.1, -0.05) is 6.07 Å². The van der Waals surface area contributed by atoms with Crippen molar-refractivity contribution in [2.24, 2.45) is 0 Å². The number of nitrogens with zero attached hydrogens (tertiary/aromatic N) is 1. The summed E-state index contributed by atoms with van der Waals surface area (Å²) in [6.45, 7) is 1.89. The predicted octanol–water partition coefficient (Wildman–Crippen LogP) is 3.92. The van der Waals surface area contributed by atoms with Crippen LogP contribution in [0.4, 0.5) is 5.69 Å². The Morgan fingerprint density at radius 1 is 1.28 bits per heavy atom. The molecule has 0 fully saturated rings. The van der Waals surface area contributed by atoms with Crippen LogP contribution in [0.25, 0.3) is 0 Å². The van der Waals surface area contributed by atoms with Crippen LogP contribution in [-0.4, -0.2) is 49.2 Å². The number of hydrogen-bond donors (Lipinski definition) is 2.